The number of aliphatic imine (C=N–C) groups is 1. The predicted molar refractivity (Wildman–Crippen MR) is 67.7 cm³/mol. The second-order valence-electron chi connectivity index (χ2n) is 3.90. The van der Waals surface area contributed by atoms with Crippen LogP contribution in [0, 0.1) is 0 Å². The fourth-order valence-corrected chi connectivity index (χ4v) is 3.02. The molecule has 5 nitrogen and oxygen atoms in total. The van der Waals surface area contributed by atoms with E-state index in [0.29, 0.717) is 5.69 Å². The number of nitrogens with zero attached hydrogens (tertiary/aromatic N) is 2. The van der Waals surface area contributed by atoms with E-state index in [-0.39, 0.29) is 16.9 Å². The summed E-state index contributed by atoms with van der Waals surface area (Å²) in [6.45, 7) is 3.68. The summed E-state index contributed by atoms with van der Waals surface area (Å²) in [4.78, 5) is 4.28. The van der Waals surface area contributed by atoms with Crippen molar-refractivity contribution in [2.45, 2.75) is 24.8 Å². The number of nitrogens with one attached hydrogen (secondary N) is 1. The molecule has 0 saturated carbocycles. The van der Waals surface area contributed by atoms with Gasteiger partial charge in [0.1, 0.15) is 4.90 Å². The molecule has 0 radical (unpaired) electrons. The molecule has 0 aliphatic carbocycles. The summed E-state index contributed by atoms with van der Waals surface area (Å²) in [6.07, 6.45) is 0. The van der Waals surface area contributed by atoms with Crippen LogP contribution in [0.3, 0.4) is 0 Å². The van der Waals surface area contributed by atoms with Crippen LogP contribution in [0.1, 0.15) is 13.8 Å². The monoisotopic (exact) mass is 273 g/mol. The minimum absolute atomic E-state index is 0.0563. The molecule has 0 aromatic heterocycles. The van der Waals surface area contributed by atoms with E-state index in [2.05, 4.69) is 9.71 Å². The zero-order valence-corrected chi connectivity index (χ0v) is 11.0. The number of halogens is 1. The molecule has 0 atom stereocenters. The molecule has 92 valence electrons. The number of hydrogen-bond donors (Lipinski definition) is 1. The normalized spacial score (nSPS) is 20.2. The van der Waals surface area contributed by atoms with Gasteiger partial charge in [-0.1, -0.05) is 12.1 Å². The van der Waals surface area contributed by atoms with Crippen LogP contribution in [0.4, 0.5) is 5.69 Å². The Bertz CT molecular complexity index is 569. The first-order valence-electron chi connectivity index (χ1n) is 5.07. The smallest absolute Gasteiger partial charge is 0.248 e. The number of hydrogen-bond acceptors (Lipinski definition) is 3. The molecule has 2 rings (SSSR count). The number of sulfonamides is 1. The van der Waals surface area contributed by atoms with Crippen LogP contribution in [-0.4, -0.2) is 20.4 Å². The van der Waals surface area contributed by atoms with Crippen molar-refractivity contribution in [3.05, 3.63) is 24.3 Å². The van der Waals surface area contributed by atoms with Gasteiger partial charge in [0.2, 0.25) is 5.96 Å². The Morgan fingerprint density at radius 3 is 2.65 bits per heavy atom. The van der Waals surface area contributed by atoms with Crippen LogP contribution in [0.5, 0.6) is 0 Å². The van der Waals surface area contributed by atoms with Crippen molar-refractivity contribution in [3.63, 3.8) is 0 Å². The average Bonchev–Trinajstić information content (AvgIpc) is 2.25. The number of para-hydroxylation sites is 1. The largest absolute Gasteiger partial charge is 0.266 e. The maximum absolute atomic E-state index is 11.9. The molecule has 0 fully saturated rings. The first kappa shape index (κ1) is 12.2. The number of anilines is 1. The molecule has 0 unspecified atom stereocenters. The van der Waals surface area contributed by atoms with E-state index in [0.717, 1.165) is 0 Å². The van der Waals surface area contributed by atoms with E-state index in [1.807, 2.05) is 13.8 Å². The standard InChI is InChI=1S/C10H12ClN3O2S/c1-7(2)12-10-13-17(15,16)9-6-4-3-5-8(9)14(10)11/h3-7H,1-2H3,(H,12,13). The highest BCUT2D eigenvalue weighted by molar-refractivity contribution is 7.90. The van der Waals surface area contributed by atoms with Crippen molar-refractivity contribution in [1.82, 2.24) is 4.72 Å². The van der Waals surface area contributed by atoms with Gasteiger partial charge in [0.15, 0.2) is 0 Å². The van der Waals surface area contributed by atoms with Crippen LogP contribution >= 0.6 is 11.8 Å². The number of guanidine groups is 1. The van der Waals surface area contributed by atoms with Gasteiger partial charge in [0, 0.05) is 17.8 Å². The maximum Gasteiger partial charge on any atom is 0.266 e. The summed E-state index contributed by atoms with van der Waals surface area (Å²) in [5, 5.41) is 0. The van der Waals surface area contributed by atoms with E-state index in [9.17, 15) is 8.42 Å². The van der Waals surface area contributed by atoms with Crippen molar-refractivity contribution in [3.8, 4) is 0 Å². The summed E-state index contributed by atoms with van der Waals surface area (Å²) >= 11 is 6.06. The summed E-state index contributed by atoms with van der Waals surface area (Å²) < 4.78 is 27.4. The van der Waals surface area contributed by atoms with Gasteiger partial charge >= 0.3 is 0 Å². The van der Waals surface area contributed by atoms with Crippen LogP contribution in [-0.2, 0) is 10.0 Å². The van der Waals surface area contributed by atoms with E-state index in [1.54, 1.807) is 18.2 Å². The highest BCUT2D eigenvalue weighted by atomic mass is 35.5. The van der Waals surface area contributed by atoms with Gasteiger partial charge in [0.25, 0.3) is 10.0 Å². The Morgan fingerprint density at radius 1 is 1.35 bits per heavy atom. The minimum Gasteiger partial charge on any atom is -0.248 e. The quantitative estimate of drug-likeness (QED) is 0.792. The maximum atomic E-state index is 11.9. The highest BCUT2D eigenvalue weighted by Gasteiger charge is 2.31. The van der Waals surface area contributed by atoms with Gasteiger partial charge in [-0.15, -0.1) is 0 Å². The van der Waals surface area contributed by atoms with Crippen molar-refractivity contribution >= 4 is 33.4 Å². The molecule has 0 bridgehead atoms. The Hall–Kier alpha value is -1.27. The lowest BCUT2D eigenvalue weighted by atomic mass is 10.3. The SMILES string of the molecule is CC(C)N=C1NS(=O)(=O)c2ccccc2N1Cl. The molecular formula is C10H12ClN3O2S. The highest BCUT2D eigenvalue weighted by Crippen LogP contribution is 2.30. The van der Waals surface area contributed by atoms with E-state index in [1.165, 1.54) is 10.5 Å². The Kier molecular flexibility index (Phi) is 3.01. The van der Waals surface area contributed by atoms with E-state index >= 15 is 0 Å². The molecule has 1 aliphatic heterocycles. The van der Waals surface area contributed by atoms with Crippen LogP contribution in [0.25, 0.3) is 0 Å². The Balaban J connectivity index is 2.60. The summed E-state index contributed by atoms with van der Waals surface area (Å²) in [5.41, 5.74) is 0.410. The first-order valence-corrected chi connectivity index (χ1v) is 6.89. The average molecular weight is 274 g/mol. The van der Waals surface area contributed by atoms with Crippen LogP contribution < -0.4 is 9.14 Å². The fourth-order valence-electron chi connectivity index (χ4n) is 1.50. The Labute approximate surface area is 105 Å². The summed E-state index contributed by atoms with van der Waals surface area (Å²) in [5.74, 6) is 0.125. The zero-order valence-electron chi connectivity index (χ0n) is 9.38. The predicted octanol–water partition coefficient (Wildman–Crippen LogP) is 1.70. The van der Waals surface area contributed by atoms with Gasteiger partial charge in [-0.3, -0.25) is 0 Å². The van der Waals surface area contributed by atoms with Gasteiger partial charge in [-0.2, -0.15) is 0 Å². The van der Waals surface area contributed by atoms with Crippen molar-refractivity contribution < 1.29 is 8.42 Å². The minimum atomic E-state index is -3.58. The van der Waals surface area contributed by atoms with Crippen LogP contribution in [0.15, 0.2) is 34.2 Å². The van der Waals surface area contributed by atoms with E-state index < -0.39 is 10.0 Å². The second-order valence-corrected chi connectivity index (χ2v) is 5.89. The molecule has 1 heterocycles. The third-order valence-corrected chi connectivity index (χ3v) is 3.88. The van der Waals surface area contributed by atoms with Crippen molar-refractivity contribution in [2.75, 3.05) is 4.42 Å². The van der Waals surface area contributed by atoms with Crippen molar-refractivity contribution in [1.29, 1.82) is 0 Å². The lowest BCUT2D eigenvalue weighted by molar-refractivity contribution is 0.591. The number of fused-ring (bicyclic) bond motifs is 1. The molecule has 7 heteroatoms. The second kappa shape index (κ2) is 4.19. The molecule has 1 aromatic rings. The molecule has 1 aliphatic rings. The molecule has 0 amide bonds. The fraction of sp³-hybridized carbons (Fsp3) is 0.300. The van der Waals surface area contributed by atoms with Crippen LogP contribution in [0.2, 0.25) is 0 Å². The lowest BCUT2D eigenvalue weighted by Crippen LogP contribution is -2.45. The first-order chi connectivity index (χ1) is 7.92. The molecule has 0 saturated heterocycles. The summed E-state index contributed by atoms with van der Waals surface area (Å²) in [6, 6.07) is 6.45. The third-order valence-electron chi connectivity index (χ3n) is 2.16. The molecule has 1 N–H and O–H groups in total. The van der Waals surface area contributed by atoms with Gasteiger partial charge in [-0.05, 0) is 26.0 Å². The Morgan fingerprint density at radius 2 is 2.00 bits per heavy atom. The van der Waals surface area contributed by atoms with Gasteiger partial charge < -0.3 is 0 Å². The van der Waals surface area contributed by atoms with Crippen molar-refractivity contribution in [2.24, 2.45) is 4.99 Å². The third kappa shape index (κ3) is 2.23. The molecule has 17 heavy (non-hydrogen) atoms. The topological polar surface area (TPSA) is 61.8 Å². The number of rotatable bonds is 1. The van der Waals surface area contributed by atoms with Gasteiger partial charge in [-0.25, -0.2) is 22.6 Å². The molecule has 0 spiro atoms. The lowest BCUT2D eigenvalue weighted by Gasteiger charge is -2.27. The zero-order chi connectivity index (χ0) is 12.6. The molecule has 1 aromatic carbocycles. The van der Waals surface area contributed by atoms with Gasteiger partial charge in [0.05, 0.1) is 5.69 Å². The summed E-state index contributed by atoms with van der Waals surface area (Å²) in [7, 11) is -3.58. The molecular weight excluding hydrogens is 262 g/mol. The number of benzene rings is 1. The van der Waals surface area contributed by atoms with E-state index in [4.69, 9.17) is 11.8 Å².